The van der Waals surface area contributed by atoms with E-state index in [1.165, 1.54) is 0 Å². The molecule has 0 saturated heterocycles. The summed E-state index contributed by atoms with van der Waals surface area (Å²) in [7, 11) is 0. The van der Waals surface area contributed by atoms with Gasteiger partial charge in [-0.25, -0.2) is 13.6 Å². The molecule has 0 saturated carbocycles. The van der Waals surface area contributed by atoms with Gasteiger partial charge < -0.3 is 14.4 Å². The molecule has 0 bridgehead atoms. The van der Waals surface area contributed by atoms with Crippen molar-refractivity contribution in [3.8, 4) is 5.75 Å². The summed E-state index contributed by atoms with van der Waals surface area (Å²) in [5.41, 5.74) is 0.0466. The summed E-state index contributed by atoms with van der Waals surface area (Å²) in [5.74, 6) is 0.341. The van der Waals surface area contributed by atoms with E-state index < -0.39 is 24.7 Å². The third-order valence-corrected chi connectivity index (χ3v) is 3.68. The van der Waals surface area contributed by atoms with Gasteiger partial charge in [0, 0.05) is 16.6 Å². The normalized spacial score (nSPS) is 11.5. The van der Waals surface area contributed by atoms with Gasteiger partial charge in [0.2, 0.25) is 0 Å². The predicted octanol–water partition coefficient (Wildman–Crippen LogP) is 5.63. The van der Waals surface area contributed by atoms with Crippen LogP contribution in [0.2, 0.25) is 0 Å². The number of benzene rings is 1. The highest BCUT2D eigenvalue weighted by molar-refractivity contribution is 9.10. The molecular formula is C18H26BrF2NO3. The van der Waals surface area contributed by atoms with Gasteiger partial charge in [-0.05, 0) is 45.4 Å². The number of rotatable bonds is 8. The summed E-state index contributed by atoms with van der Waals surface area (Å²) in [6.07, 6.45) is -1.24. The molecule has 0 fully saturated rings. The van der Waals surface area contributed by atoms with Gasteiger partial charge in [0.1, 0.15) is 18.0 Å². The molecule has 0 aromatic heterocycles. The number of carbonyl (C=O) groups is 1. The van der Waals surface area contributed by atoms with E-state index >= 15 is 0 Å². The van der Waals surface area contributed by atoms with Crippen LogP contribution in [-0.2, 0) is 11.3 Å². The summed E-state index contributed by atoms with van der Waals surface area (Å²) in [6, 6.07) is 5.10. The largest absolute Gasteiger partial charge is 0.487 e. The lowest BCUT2D eigenvalue weighted by atomic mass is 10.1. The van der Waals surface area contributed by atoms with E-state index in [1.54, 1.807) is 43.9 Å². The maximum Gasteiger partial charge on any atom is 0.410 e. The highest BCUT2D eigenvalue weighted by Gasteiger charge is 2.23. The molecule has 1 aromatic carbocycles. The molecule has 0 aliphatic carbocycles. The molecule has 1 rings (SSSR count). The molecular weight excluding hydrogens is 396 g/mol. The van der Waals surface area contributed by atoms with Crippen LogP contribution < -0.4 is 4.74 Å². The zero-order valence-electron chi connectivity index (χ0n) is 15.2. The number of ether oxygens (including phenoxy) is 2. The summed E-state index contributed by atoms with van der Waals surface area (Å²) in [4.78, 5) is 14.0. The Kier molecular flexibility index (Phi) is 8.62. The van der Waals surface area contributed by atoms with Gasteiger partial charge >= 0.3 is 6.09 Å². The molecule has 0 N–H and O–H groups in total. The fraction of sp³-hybridized carbons (Fsp3) is 0.611. The van der Waals surface area contributed by atoms with Crippen LogP contribution >= 0.6 is 15.9 Å². The molecule has 0 heterocycles. The van der Waals surface area contributed by atoms with Crippen LogP contribution in [0.25, 0.3) is 0 Å². The number of halogens is 3. The van der Waals surface area contributed by atoms with Crippen molar-refractivity contribution < 1.29 is 23.0 Å². The van der Waals surface area contributed by atoms with Crippen molar-refractivity contribution in [2.75, 3.05) is 13.2 Å². The second-order valence-corrected chi connectivity index (χ2v) is 7.63. The minimum absolute atomic E-state index is 0.229. The monoisotopic (exact) mass is 421 g/mol. The second kappa shape index (κ2) is 9.94. The summed E-state index contributed by atoms with van der Waals surface area (Å²) in [5, 5.41) is 0. The van der Waals surface area contributed by atoms with E-state index in [2.05, 4.69) is 15.9 Å². The summed E-state index contributed by atoms with van der Waals surface area (Å²) >= 11 is 3.37. The number of alkyl halides is 2. The standard InChI is InChI=1S/C18H26BrF2NO3/c1-5-6-9-22(17(23)25-18(2,3)4)11-13-10-14(19)7-8-15(13)24-12-16(20)21/h7-8,10,16H,5-6,9,11-12H2,1-4H3. The van der Waals surface area contributed by atoms with E-state index in [0.29, 0.717) is 17.9 Å². The van der Waals surface area contributed by atoms with Crippen molar-refractivity contribution in [1.29, 1.82) is 0 Å². The maximum atomic E-state index is 12.5. The quantitative estimate of drug-likeness (QED) is 0.545. The first kappa shape index (κ1) is 21.7. The molecule has 1 aromatic rings. The van der Waals surface area contributed by atoms with Gasteiger partial charge in [-0.15, -0.1) is 0 Å². The van der Waals surface area contributed by atoms with Crippen molar-refractivity contribution in [3.05, 3.63) is 28.2 Å². The van der Waals surface area contributed by atoms with Gasteiger partial charge in [-0.1, -0.05) is 29.3 Å². The van der Waals surface area contributed by atoms with Crippen LogP contribution in [0.15, 0.2) is 22.7 Å². The fourth-order valence-corrected chi connectivity index (χ4v) is 2.49. The van der Waals surface area contributed by atoms with Gasteiger partial charge in [-0.3, -0.25) is 0 Å². The van der Waals surface area contributed by atoms with Gasteiger partial charge in [0.05, 0.1) is 6.54 Å². The highest BCUT2D eigenvalue weighted by Crippen LogP contribution is 2.26. The maximum absolute atomic E-state index is 12.5. The van der Waals surface area contributed by atoms with Crippen LogP contribution in [0.4, 0.5) is 13.6 Å². The van der Waals surface area contributed by atoms with E-state index in [-0.39, 0.29) is 6.54 Å². The first-order valence-corrected chi connectivity index (χ1v) is 9.09. The van der Waals surface area contributed by atoms with Crippen LogP contribution in [0.1, 0.15) is 46.1 Å². The zero-order chi connectivity index (χ0) is 19.0. The first-order valence-electron chi connectivity index (χ1n) is 8.29. The number of unbranched alkanes of at least 4 members (excludes halogenated alkanes) is 1. The number of hydrogen-bond donors (Lipinski definition) is 0. The lowest BCUT2D eigenvalue weighted by Crippen LogP contribution is -2.37. The minimum Gasteiger partial charge on any atom is -0.487 e. The van der Waals surface area contributed by atoms with E-state index in [0.717, 1.165) is 17.3 Å². The van der Waals surface area contributed by atoms with Crippen molar-refractivity contribution >= 4 is 22.0 Å². The molecule has 0 atom stereocenters. The zero-order valence-corrected chi connectivity index (χ0v) is 16.7. The Morgan fingerprint density at radius 1 is 1.32 bits per heavy atom. The summed E-state index contributed by atoms with van der Waals surface area (Å²) in [6.45, 7) is 7.51. The average molecular weight is 422 g/mol. The number of nitrogens with zero attached hydrogens (tertiary/aromatic N) is 1. The fourth-order valence-electron chi connectivity index (χ4n) is 2.08. The number of carbonyl (C=O) groups excluding carboxylic acids is 1. The van der Waals surface area contributed by atoms with Gasteiger partial charge in [-0.2, -0.15) is 0 Å². The van der Waals surface area contributed by atoms with Crippen molar-refractivity contribution in [2.45, 2.75) is 59.1 Å². The van der Waals surface area contributed by atoms with Crippen molar-refractivity contribution in [2.24, 2.45) is 0 Å². The van der Waals surface area contributed by atoms with Gasteiger partial charge in [0.15, 0.2) is 0 Å². The Morgan fingerprint density at radius 3 is 2.56 bits per heavy atom. The number of hydrogen-bond acceptors (Lipinski definition) is 3. The third-order valence-electron chi connectivity index (χ3n) is 3.18. The lowest BCUT2D eigenvalue weighted by molar-refractivity contribution is 0.0227. The molecule has 0 unspecified atom stereocenters. The van der Waals surface area contributed by atoms with Crippen LogP contribution in [-0.4, -0.2) is 36.2 Å². The smallest absolute Gasteiger partial charge is 0.410 e. The molecule has 4 nitrogen and oxygen atoms in total. The third kappa shape index (κ3) is 8.52. The Bertz CT molecular complexity index is 562. The van der Waals surface area contributed by atoms with Crippen molar-refractivity contribution in [1.82, 2.24) is 4.90 Å². The molecule has 7 heteroatoms. The summed E-state index contributed by atoms with van der Waals surface area (Å²) < 4.78 is 36.3. The van der Waals surface area contributed by atoms with Crippen LogP contribution in [0, 0.1) is 0 Å². The van der Waals surface area contributed by atoms with E-state index in [1.807, 2.05) is 6.92 Å². The Labute approximate surface area is 156 Å². The SMILES string of the molecule is CCCCN(Cc1cc(Br)ccc1OCC(F)F)C(=O)OC(C)(C)C. The van der Waals surface area contributed by atoms with Crippen LogP contribution in [0.5, 0.6) is 5.75 Å². The Balaban J connectivity index is 2.97. The molecule has 0 aliphatic heterocycles. The molecule has 0 aliphatic rings. The molecule has 0 radical (unpaired) electrons. The molecule has 25 heavy (non-hydrogen) atoms. The molecule has 1 amide bonds. The highest BCUT2D eigenvalue weighted by atomic mass is 79.9. The molecule has 0 spiro atoms. The Hall–Kier alpha value is -1.37. The first-order chi connectivity index (χ1) is 11.6. The second-order valence-electron chi connectivity index (χ2n) is 6.71. The van der Waals surface area contributed by atoms with Gasteiger partial charge in [0.25, 0.3) is 6.43 Å². The average Bonchev–Trinajstić information content (AvgIpc) is 2.48. The molecule has 142 valence electrons. The van der Waals surface area contributed by atoms with Crippen molar-refractivity contribution in [3.63, 3.8) is 0 Å². The minimum atomic E-state index is -2.56. The lowest BCUT2D eigenvalue weighted by Gasteiger charge is -2.28. The number of amides is 1. The predicted molar refractivity (Wildman–Crippen MR) is 97.2 cm³/mol. The topological polar surface area (TPSA) is 38.8 Å². The Morgan fingerprint density at radius 2 is 2.00 bits per heavy atom. The van der Waals surface area contributed by atoms with E-state index in [9.17, 15) is 13.6 Å². The van der Waals surface area contributed by atoms with E-state index in [4.69, 9.17) is 9.47 Å². The van der Waals surface area contributed by atoms with Crippen LogP contribution in [0.3, 0.4) is 0 Å².